The number of nitrogens with zero attached hydrogens (tertiary/aromatic N) is 3. The van der Waals surface area contributed by atoms with Gasteiger partial charge in [-0.15, -0.1) is 0 Å². The zero-order chi connectivity index (χ0) is 16.5. The maximum Gasteiger partial charge on any atom is 0.399 e. The van der Waals surface area contributed by atoms with Gasteiger partial charge in [0.15, 0.2) is 0 Å². The monoisotopic (exact) mass is 324 g/mol. The molecule has 1 aliphatic rings. The van der Waals surface area contributed by atoms with Gasteiger partial charge in [0.2, 0.25) is 0 Å². The molecule has 0 unspecified atom stereocenters. The molecule has 0 amide bonds. The van der Waals surface area contributed by atoms with Gasteiger partial charge in [-0.25, -0.2) is 0 Å². The third-order valence-electron chi connectivity index (χ3n) is 1.98. The first-order valence-corrected chi connectivity index (χ1v) is 5.26. The summed E-state index contributed by atoms with van der Waals surface area (Å²) in [5, 5.41) is 0. The van der Waals surface area contributed by atoms with E-state index in [4.69, 9.17) is 0 Å². The van der Waals surface area contributed by atoms with E-state index in [9.17, 15) is 39.5 Å². The minimum atomic E-state index is -4.78. The smallest absolute Gasteiger partial charge is 0.357 e. The average Bonchev–Trinajstić information content (AvgIpc) is 2.06. The van der Waals surface area contributed by atoms with E-state index in [-0.39, 0.29) is 14.2 Å². The Kier molecular flexibility index (Phi) is 5.53. The van der Waals surface area contributed by atoms with Gasteiger partial charge in [0.05, 0.1) is 19.6 Å². The average molecular weight is 324 g/mol. The molecule has 0 aliphatic carbocycles. The Morgan fingerprint density at radius 2 is 0.667 bits per heavy atom. The van der Waals surface area contributed by atoms with Crippen LogP contribution in [-0.2, 0) is 0 Å². The second kappa shape index (κ2) is 6.28. The molecule has 1 aliphatic heterocycles. The molecule has 0 bridgehead atoms. The first kappa shape index (κ1) is 18.5. The van der Waals surface area contributed by atoms with Crippen LogP contribution in [0.3, 0.4) is 0 Å². The van der Waals surface area contributed by atoms with Crippen LogP contribution in [0.1, 0.15) is 0 Å². The minimum absolute atomic E-state index is 0.206. The minimum Gasteiger partial charge on any atom is -0.357 e. The van der Waals surface area contributed by atoms with Crippen LogP contribution in [0.5, 0.6) is 0 Å². The molecule has 21 heavy (non-hydrogen) atoms. The molecule has 1 saturated heterocycles. The Balaban J connectivity index is 2.73. The molecule has 1 heterocycles. The van der Waals surface area contributed by atoms with Crippen LogP contribution in [0.4, 0.5) is 39.5 Å². The van der Waals surface area contributed by atoms with Crippen molar-refractivity contribution in [2.24, 2.45) is 0 Å². The highest BCUT2D eigenvalue weighted by Crippen LogP contribution is 2.22. The Morgan fingerprint density at radius 3 is 0.810 bits per heavy atom. The van der Waals surface area contributed by atoms with E-state index in [1.807, 2.05) is 0 Å². The van der Waals surface area contributed by atoms with Crippen molar-refractivity contribution < 1.29 is 39.5 Å². The molecular formula is C6H6B3F9N3. The summed E-state index contributed by atoms with van der Waals surface area (Å²) in [6, 6.07) is 0. The van der Waals surface area contributed by atoms with Crippen LogP contribution in [0.2, 0.25) is 0 Å². The molecule has 0 saturated carbocycles. The van der Waals surface area contributed by atoms with E-state index in [0.717, 1.165) is 0 Å². The fourth-order valence-corrected chi connectivity index (χ4v) is 1.53. The van der Waals surface area contributed by atoms with Crippen molar-refractivity contribution in [2.45, 2.75) is 18.5 Å². The molecule has 3 nitrogen and oxygen atoms in total. The summed E-state index contributed by atoms with van der Waals surface area (Å²) in [7, 11) is 1.32. The van der Waals surface area contributed by atoms with Gasteiger partial charge in [-0.3, -0.25) is 0 Å². The molecule has 117 valence electrons. The molecular weight excluding hydrogens is 318 g/mol. The molecule has 1 rings (SSSR count). The molecule has 1 fully saturated rings. The van der Waals surface area contributed by atoms with E-state index < -0.39 is 38.2 Å². The summed E-state index contributed by atoms with van der Waals surface area (Å²) in [4.78, 5) is 0. The predicted molar refractivity (Wildman–Crippen MR) is 55.5 cm³/mol. The van der Waals surface area contributed by atoms with E-state index in [1.165, 1.54) is 0 Å². The van der Waals surface area contributed by atoms with Crippen LogP contribution < -0.4 is 0 Å². The Bertz CT molecular complexity index is 285. The van der Waals surface area contributed by atoms with Crippen LogP contribution in [0.15, 0.2) is 0 Å². The summed E-state index contributed by atoms with van der Waals surface area (Å²) >= 11 is 0. The zero-order valence-corrected chi connectivity index (χ0v) is 10.1. The SMILES string of the molecule is FC(F)(F)CN1[B]N(CC(F)(F)F)[B]N(CC(F)(F)F)[B]1. The lowest BCUT2D eigenvalue weighted by molar-refractivity contribution is -0.138. The van der Waals surface area contributed by atoms with Gasteiger partial charge >= 0.3 is 18.5 Å². The second-order valence-electron chi connectivity index (χ2n) is 4.21. The fourth-order valence-electron chi connectivity index (χ4n) is 1.53. The van der Waals surface area contributed by atoms with Crippen molar-refractivity contribution in [1.82, 2.24) is 14.2 Å². The molecule has 3 radical (unpaired) electrons. The second-order valence-corrected chi connectivity index (χ2v) is 4.21. The lowest BCUT2D eigenvalue weighted by Gasteiger charge is -2.40. The first-order chi connectivity index (χ1) is 9.23. The lowest BCUT2D eigenvalue weighted by Crippen LogP contribution is -2.65. The molecule has 0 aromatic rings. The predicted octanol–water partition coefficient (Wildman–Crippen LogP) is 1.20. The molecule has 0 N–H and O–H groups in total. The molecule has 0 atom stereocenters. The quantitative estimate of drug-likeness (QED) is 0.571. The highest BCUT2D eigenvalue weighted by Gasteiger charge is 2.42. The van der Waals surface area contributed by atoms with Gasteiger partial charge < -0.3 is 14.2 Å². The third-order valence-corrected chi connectivity index (χ3v) is 1.98. The maximum absolute atomic E-state index is 12.2. The molecule has 0 aromatic heterocycles. The van der Waals surface area contributed by atoms with Crippen LogP contribution >= 0.6 is 0 Å². The van der Waals surface area contributed by atoms with Gasteiger partial charge in [0.25, 0.3) is 22.6 Å². The summed E-state index contributed by atoms with van der Waals surface area (Å²) in [6.07, 6.45) is -14.3. The topological polar surface area (TPSA) is 9.72 Å². The van der Waals surface area contributed by atoms with Crippen molar-refractivity contribution in [3.8, 4) is 0 Å². The normalized spacial score (nSPS) is 19.9. The van der Waals surface area contributed by atoms with E-state index in [1.54, 1.807) is 0 Å². The fraction of sp³-hybridized carbons (Fsp3) is 1.00. The summed E-state index contributed by atoms with van der Waals surface area (Å²) in [6.45, 7) is -5.11. The Labute approximate surface area is 115 Å². The van der Waals surface area contributed by atoms with Gasteiger partial charge in [0, 0.05) is 0 Å². The number of rotatable bonds is 3. The maximum atomic E-state index is 12.2. The molecule has 0 aromatic carbocycles. The number of hydrogen-bond acceptors (Lipinski definition) is 3. The number of halogens is 9. The lowest BCUT2D eigenvalue weighted by atomic mass is 9.73. The van der Waals surface area contributed by atoms with Crippen molar-refractivity contribution in [1.29, 1.82) is 0 Å². The van der Waals surface area contributed by atoms with Crippen molar-refractivity contribution in [3.05, 3.63) is 0 Å². The number of alkyl halides is 9. The van der Waals surface area contributed by atoms with E-state index in [2.05, 4.69) is 0 Å². The standard InChI is InChI=1S/C6H6B3F9N3/c10-4(11,12)1-19-7-20(2-5(13,14)15)9-21(8-19)3-6(16,17)18/h1-3H2. The third kappa shape index (κ3) is 8.46. The van der Waals surface area contributed by atoms with Gasteiger partial charge in [-0.1, -0.05) is 0 Å². The summed E-state index contributed by atoms with van der Waals surface area (Å²) in [5.41, 5.74) is 0. The molecule has 15 heteroatoms. The van der Waals surface area contributed by atoms with Crippen LogP contribution in [-0.4, -0.2) is 75.0 Å². The molecule has 0 spiro atoms. The summed E-state index contributed by atoms with van der Waals surface area (Å²) in [5.74, 6) is 0. The summed E-state index contributed by atoms with van der Waals surface area (Å²) < 4.78 is 110. The van der Waals surface area contributed by atoms with E-state index >= 15 is 0 Å². The van der Waals surface area contributed by atoms with Gasteiger partial charge in [-0.05, 0) is 0 Å². The van der Waals surface area contributed by atoms with Crippen LogP contribution in [0.25, 0.3) is 0 Å². The van der Waals surface area contributed by atoms with E-state index in [0.29, 0.717) is 22.6 Å². The highest BCUT2D eigenvalue weighted by molar-refractivity contribution is 6.64. The van der Waals surface area contributed by atoms with Gasteiger partial charge in [0.1, 0.15) is 0 Å². The van der Waals surface area contributed by atoms with Gasteiger partial charge in [-0.2, -0.15) is 39.5 Å². The van der Waals surface area contributed by atoms with Crippen molar-refractivity contribution in [2.75, 3.05) is 19.6 Å². The van der Waals surface area contributed by atoms with Crippen LogP contribution in [0, 0.1) is 0 Å². The number of hydrogen-bond donors (Lipinski definition) is 0. The largest absolute Gasteiger partial charge is 0.399 e. The zero-order valence-electron chi connectivity index (χ0n) is 10.1. The Morgan fingerprint density at radius 1 is 0.476 bits per heavy atom. The Hall–Kier alpha value is -0.555. The highest BCUT2D eigenvalue weighted by atomic mass is 19.4. The first-order valence-electron chi connectivity index (χ1n) is 5.26. The van der Waals surface area contributed by atoms with Crippen molar-refractivity contribution >= 4 is 22.6 Å². The van der Waals surface area contributed by atoms with Crippen molar-refractivity contribution in [3.63, 3.8) is 0 Å².